The molecule has 1 fully saturated rings. The largest absolute Gasteiger partial charge is 0.356 e. The number of nitrogens with zero attached hydrogens (tertiary/aromatic N) is 3. The predicted octanol–water partition coefficient (Wildman–Crippen LogP) is 2.27. The van der Waals surface area contributed by atoms with Crippen molar-refractivity contribution in [1.82, 2.24) is 15.3 Å². The van der Waals surface area contributed by atoms with Crippen LogP contribution in [0.5, 0.6) is 0 Å². The summed E-state index contributed by atoms with van der Waals surface area (Å²) in [5.41, 5.74) is 0. The number of hydrogen-bond donors (Lipinski definition) is 2. The van der Waals surface area contributed by atoms with Gasteiger partial charge in [-0.3, -0.25) is 0 Å². The number of nitrogens with one attached hydrogen (secondary N) is 2. The molecule has 2 N–H and O–H groups in total. The van der Waals surface area contributed by atoms with Crippen LogP contribution in [0.4, 0.5) is 11.8 Å². The Balaban J connectivity index is 1.86. The molecule has 0 amide bonds. The van der Waals surface area contributed by atoms with E-state index >= 15 is 0 Å². The maximum absolute atomic E-state index is 4.63. The summed E-state index contributed by atoms with van der Waals surface area (Å²) < 4.78 is 0. The van der Waals surface area contributed by atoms with E-state index in [9.17, 15) is 0 Å². The Morgan fingerprint density at radius 3 is 2.60 bits per heavy atom. The summed E-state index contributed by atoms with van der Waals surface area (Å²) in [6.07, 6.45) is 7.07. The van der Waals surface area contributed by atoms with Crippen LogP contribution in [0.25, 0.3) is 0 Å². The van der Waals surface area contributed by atoms with Gasteiger partial charge in [0, 0.05) is 38.4 Å². The highest BCUT2D eigenvalue weighted by molar-refractivity contribution is 5.42. The maximum Gasteiger partial charge on any atom is 0.224 e. The monoisotopic (exact) mass is 277 g/mol. The average Bonchev–Trinajstić information content (AvgIpc) is 2.73. The van der Waals surface area contributed by atoms with Crippen molar-refractivity contribution >= 4 is 11.8 Å². The van der Waals surface area contributed by atoms with Crippen LogP contribution in [0.1, 0.15) is 39.5 Å². The summed E-state index contributed by atoms with van der Waals surface area (Å²) in [7, 11) is 0. The van der Waals surface area contributed by atoms with Gasteiger partial charge in [-0.25, -0.2) is 4.98 Å². The first-order valence-electron chi connectivity index (χ1n) is 7.81. The van der Waals surface area contributed by atoms with Gasteiger partial charge in [0.05, 0.1) is 0 Å². The molecule has 20 heavy (non-hydrogen) atoms. The average molecular weight is 277 g/mol. The van der Waals surface area contributed by atoms with Crippen molar-refractivity contribution in [2.75, 3.05) is 36.4 Å². The van der Waals surface area contributed by atoms with Crippen LogP contribution >= 0.6 is 0 Å². The van der Waals surface area contributed by atoms with E-state index in [1.165, 1.54) is 25.7 Å². The van der Waals surface area contributed by atoms with Crippen LogP contribution in [-0.2, 0) is 0 Å². The molecule has 1 aromatic rings. The van der Waals surface area contributed by atoms with Crippen molar-refractivity contribution in [1.29, 1.82) is 0 Å². The van der Waals surface area contributed by atoms with E-state index in [0.29, 0.717) is 6.04 Å². The second-order valence-electron chi connectivity index (χ2n) is 5.68. The second-order valence-corrected chi connectivity index (χ2v) is 5.68. The Hall–Kier alpha value is -1.36. The van der Waals surface area contributed by atoms with Crippen LogP contribution in [0, 0.1) is 0 Å². The number of rotatable bonds is 6. The Bertz CT molecular complexity index is 386. The Morgan fingerprint density at radius 1 is 1.15 bits per heavy atom. The number of anilines is 2. The highest BCUT2D eigenvalue weighted by atomic mass is 15.2. The minimum atomic E-state index is 0.515. The molecular formula is C15H27N5. The molecule has 2 heterocycles. The van der Waals surface area contributed by atoms with Crippen molar-refractivity contribution in [2.45, 2.75) is 45.6 Å². The second kappa shape index (κ2) is 8.04. The summed E-state index contributed by atoms with van der Waals surface area (Å²) in [4.78, 5) is 11.3. The minimum absolute atomic E-state index is 0.515. The molecule has 0 aromatic carbocycles. The lowest BCUT2D eigenvalue weighted by molar-refractivity contribution is 0.601. The SMILES string of the molecule is CC(C)NCCNc1nccc(N2CCCCCC2)n1. The fourth-order valence-corrected chi connectivity index (χ4v) is 2.45. The molecule has 0 saturated carbocycles. The molecular weight excluding hydrogens is 250 g/mol. The molecule has 1 aromatic heterocycles. The van der Waals surface area contributed by atoms with Crippen LogP contribution in [0.3, 0.4) is 0 Å². The topological polar surface area (TPSA) is 53.1 Å². The van der Waals surface area contributed by atoms with Crippen molar-refractivity contribution < 1.29 is 0 Å². The van der Waals surface area contributed by atoms with E-state index in [0.717, 1.165) is 37.9 Å². The summed E-state index contributed by atoms with van der Waals surface area (Å²) in [6.45, 7) is 8.31. The van der Waals surface area contributed by atoms with E-state index in [1.807, 2.05) is 12.3 Å². The lowest BCUT2D eigenvalue weighted by atomic mass is 10.2. The van der Waals surface area contributed by atoms with Crippen LogP contribution in [0.2, 0.25) is 0 Å². The van der Waals surface area contributed by atoms with Gasteiger partial charge >= 0.3 is 0 Å². The summed E-state index contributed by atoms with van der Waals surface area (Å²) in [5.74, 6) is 1.79. The highest BCUT2D eigenvalue weighted by Crippen LogP contribution is 2.17. The Kier molecular flexibility index (Phi) is 6.05. The fourth-order valence-electron chi connectivity index (χ4n) is 2.45. The molecule has 1 aliphatic heterocycles. The predicted molar refractivity (Wildman–Crippen MR) is 84.3 cm³/mol. The molecule has 5 heteroatoms. The first kappa shape index (κ1) is 15.0. The van der Waals surface area contributed by atoms with Gasteiger partial charge in [0.25, 0.3) is 0 Å². The Morgan fingerprint density at radius 2 is 1.90 bits per heavy atom. The Labute approximate surface area is 122 Å². The van der Waals surface area contributed by atoms with Crippen LogP contribution in [-0.4, -0.2) is 42.2 Å². The normalized spacial score (nSPS) is 16.2. The van der Waals surface area contributed by atoms with E-state index in [1.54, 1.807) is 0 Å². The van der Waals surface area contributed by atoms with Gasteiger partial charge in [-0.05, 0) is 18.9 Å². The molecule has 5 nitrogen and oxygen atoms in total. The van der Waals surface area contributed by atoms with E-state index in [-0.39, 0.29) is 0 Å². The first-order valence-corrected chi connectivity index (χ1v) is 7.81. The molecule has 0 spiro atoms. The van der Waals surface area contributed by atoms with Crippen LogP contribution in [0.15, 0.2) is 12.3 Å². The zero-order chi connectivity index (χ0) is 14.2. The molecule has 1 aliphatic rings. The zero-order valence-electron chi connectivity index (χ0n) is 12.7. The summed E-state index contributed by atoms with van der Waals surface area (Å²) in [5, 5.41) is 6.66. The third kappa shape index (κ3) is 4.96. The third-order valence-corrected chi connectivity index (χ3v) is 3.53. The van der Waals surface area contributed by atoms with Gasteiger partial charge in [-0.1, -0.05) is 26.7 Å². The number of aromatic nitrogens is 2. The molecule has 112 valence electrons. The third-order valence-electron chi connectivity index (χ3n) is 3.53. The van der Waals surface area contributed by atoms with Gasteiger partial charge in [0.2, 0.25) is 5.95 Å². The van der Waals surface area contributed by atoms with Gasteiger partial charge in [0.1, 0.15) is 5.82 Å². The lowest BCUT2D eigenvalue weighted by Gasteiger charge is -2.21. The fraction of sp³-hybridized carbons (Fsp3) is 0.733. The van der Waals surface area contributed by atoms with Gasteiger partial charge in [0.15, 0.2) is 0 Å². The molecule has 0 atom stereocenters. The van der Waals surface area contributed by atoms with Crippen molar-refractivity contribution in [3.8, 4) is 0 Å². The van der Waals surface area contributed by atoms with Crippen LogP contribution < -0.4 is 15.5 Å². The van der Waals surface area contributed by atoms with E-state index < -0.39 is 0 Å². The lowest BCUT2D eigenvalue weighted by Crippen LogP contribution is -2.29. The van der Waals surface area contributed by atoms with Crippen molar-refractivity contribution in [2.24, 2.45) is 0 Å². The molecule has 0 bridgehead atoms. The molecule has 0 aliphatic carbocycles. The van der Waals surface area contributed by atoms with Gasteiger partial charge in [-0.2, -0.15) is 4.98 Å². The van der Waals surface area contributed by atoms with E-state index in [2.05, 4.69) is 39.3 Å². The standard InChI is InChI=1S/C15H27N5/c1-13(2)16-9-10-18-15-17-8-7-14(19-15)20-11-5-3-4-6-12-20/h7-8,13,16H,3-6,9-12H2,1-2H3,(H,17,18,19). The van der Waals surface area contributed by atoms with Gasteiger partial charge < -0.3 is 15.5 Å². The quantitative estimate of drug-likeness (QED) is 0.781. The van der Waals surface area contributed by atoms with E-state index in [4.69, 9.17) is 0 Å². The summed E-state index contributed by atoms with van der Waals surface area (Å²) in [6, 6.07) is 2.53. The maximum atomic E-state index is 4.63. The zero-order valence-corrected chi connectivity index (χ0v) is 12.7. The molecule has 1 saturated heterocycles. The molecule has 0 radical (unpaired) electrons. The number of hydrogen-bond acceptors (Lipinski definition) is 5. The smallest absolute Gasteiger partial charge is 0.224 e. The summed E-state index contributed by atoms with van der Waals surface area (Å²) >= 11 is 0. The minimum Gasteiger partial charge on any atom is -0.356 e. The highest BCUT2D eigenvalue weighted by Gasteiger charge is 2.11. The van der Waals surface area contributed by atoms with Gasteiger partial charge in [-0.15, -0.1) is 0 Å². The molecule has 2 rings (SSSR count). The van der Waals surface area contributed by atoms with Crippen molar-refractivity contribution in [3.05, 3.63) is 12.3 Å². The first-order chi connectivity index (χ1) is 9.75. The molecule has 0 unspecified atom stereocenters. The van der Waals surface area contributed by atoms with Crippen molar-refractivity contribution in [3.63, 3.8) is 0 Å².